The number of aryl methyl sites for hydroxylation is 1. The van der Waals surface area contributed by atoms with Crippen molar-refractivity contribution in [3.05, 3.63) is 34.9 Å². The van der Waals surface area contributed by atoms with Gasteiger partial charge in [-0.25, -0.2) is 0 Å². The zero-order valence-electron chi connectivity index (χ0n) is 12.9. The fourth-order valence-corrected chi connectivity index (χ4v) is 1.92. The molecule has 1 unspecified atom stereocenters. The maximum atomic E-state index is 12.1. The van der Waals surface area contributed by atoms with Crippen LogP contribution in [0.25, 0.3) is 0 Å². The lowest BCUT2D eigenvalue weighted by molar-refractivity contribution is 0.0934. The Kier molecular flexibility index (Phi) is 7.52. The van der Waals surface area contributed by atoms with E-state index in [9.17, 15) is 4.79 Å². The van der Waals surface area contributed by atoms with Gasteiger partial charge < -0.3 is 15.2 Å². The predicted molar refractivity (Wildman–Crippen MR) is 83.1 cm³/mol. The summed E-state index contributed by atoms with van der Waals surface area (Å²) in [7, 11) is 1.65. The molecular formula is C17H23NO3. The summed E-state index contributed by atoms with van der Waals surface area (Å²) in [6, 6.07) is 5.54. The van der Waals surface area contributed by atoms with E-state index in [1.54, 1.807) is 13.2 Å². The molecule has 0 aliphatic carbocycles. The molecule has 1 amide bonds. The first-order chi connectivity index (χ1) is 10.1. The van der Waals surface area contributed by atoms with Crippen molar-refractivity contribution in [2.45, 2.75) is 20.3 Å². The second kappa shape index (κ2) is 9.17. The van der Waals surface area contributed by atoms with Crippen molar-refractivity contribution in [2.24, 2.45) is 5.92 Å². The lowest BCUT2D eigenvalue weighted by Crippen LogP contribution is -2.30. The van der Waals surface area contributed by atoms with Crippen molar-refractivity contribution in [3.63, 3.8) is 0 Å². The third-order valence-corrected chi connectivity index (χ3v) is 2.87. The summed E-state index contributed by atoms with van der Waals surface area (Å²) < 4.78 is 5.04. The van der Waals surface area contributed by atoms with Gasteiger partial charge in [-0.2, -0.15) is 0 Å². The molecule has 0 heterocycles. The molecule has 0 saturated heterocycles. The van der Waals surface area contributed by atoms with Gasteiger partial charge in [0.15, 0.2) is 0 Å². The Morgan fingerprint density at radius 2 is 2.19 bits per heavy atom. The molecule has 0 saturated carbocycles. The SMILES string of the molecule is COCC(C)CNC(=O)c1cc(C)cc(C#CCCO)c1. The van der Waals surface area contributed by atoms with Crippen molar-refractivity contribution in [1.29, 1.82) is 0 Å². The zero-order chi connectivity index (χ0) is 15.7. The number of aliphatic hydroxyl groups excluding tert-OH is 1. The lowest BCUT2D eigenvalue weighted by Gasteiger charge is -2.12. The van der Waals surface area contributed by atoms with Crippen LogP contribution in [0.1, 0.15) is 34.8 Å². The number of methoxy groups -OCH3 is 1. The summed E-state index contributed by atoms with van der Waals surface area (Å²) in [5, 5.41) is 11.6. The van der Waals surface area contributed by atoms with Gasteiger partial charge in [0.1, 0.15) is 0 Å². The van der Waals surface area contributed by atoms with Crippen molar-refractivity contribution >= 4 is 5.91 Å². The quantitative estimate of drug-likeness (QED) is 0.784. The van der Waals surface area contributed by atoms with Gasteiger partial charge in [-0.05, 0) is 36.6 Å². The van der Waals surface area contributed by atoms with Crippen molar-refractivity contribution in [3.8, 4) is 11.8 Å². The van der Waals surface area contributed by atoms with Gasteiger partial charge in [-0.1, -0.05) is 18.8 Å². The predicted octanol–water partition coefficient (Wildman–Crippen LogP) is 1.74. The Balaban J connectivity index is 2.74. The first-order valence-corrected chi connectivity index (χ1v) is 7.05. The zero-order valence-corrected chi connectivity index (χ0v) is 12.9. The van der Waals surface area contributed by atoms with Crippen LogP contribution in [0.3, 0.4) is 0 Å². The van der Waals surface area contributed by atoms with Crippen LogP contribution in [-0.4, -0.2) is 37.9 Å². The molecule has 4 nitrogen and oxygen atoms in total. The average Bonchev–Trinajstić information content (AvgIpc) is 2.45. The number of hydrogen-bond donors (Lipinski definition) is 2. The maximum Gasteiger partial charge on any atom is 0.251 e. The number of carbonyl (C=O) groups excluding carboxylic acids is 1. The minimum atomic E-state index is -0.105. The minimum Gasteiger partial charge on any atom is -0.395 e. The third kappa shape index (κ3) is 6.44. The maximum absolute atomic E-state index is 12.1. The first-order valence-electron chi connectivity index (χ1n) is 7.05. The molecular weight excluding hydrogens is 266 g/mol. The molecule has 21 heavy (non-hydrogen) atoms. The molecule has 0 radical (unpaired) electrons. The van der Waals surface area contributed by atoms with E-state index in [2.05, 4.69) is 17.2 Å². The van der Waals surface area contributed by atoms with E-state index < -0.39 is 0 Å². The number of nitrogens with one attached hydrogen (secondary N) is 1. The molecule has 0 aliphatic heterocycles. The fourth-order valence-electron chi connectivity index (χ4n) is 1.92. The highest BCUT2D eigenvalue weighted by Gasteiger charge is 2.09. The summed E-state index contributed by atoms with van der Waals surface area (Å²) in [5.41, 5.74) is 2.38. The number of benzene rings is 1. The number of carbonyl (C=O) groups is 1. The fraction of sp³-hybridized carbons (Fsp3) is 0.471. The summed E-state index contributed by atoms with van der Waals surface area (Å²) in [5.74, 6) is 5.99. The van der Waals surface area contributed by atoms with Gasteiger partial charge in [0.2, 0.25) is 0 Å². The largest absolute Gasteiger partial charge is 0.395 e. The van der Waals surface area contributed by atoms with Crippen LogP contribution in [0.5, 0.6) is 0 Å². The highest BCUT2D eigenvalue weighted by Crippen LogP contribution is 2.09. The Labute approximate surface area is 126 Å². The summed E-state index contributed by atoms with van der Waals surface area (Å²) >= 11 is 0. The highest BCUT2D eigenvalue weighted by molar-refractivity contribution is 5.94. The summed E-state index contributed by atoms with van der Waals surface area (Å²) in [4.78, 5) is 12.1. The molecule has 1 aromatic rings. The van der Waals surface area contributed by atoms with Crippen LogP contribution in [0, 0.1) is 24.7 Å². The van der Waals surface area contributed by atoms with Gasteiger partial charge in [0, 0.05) is 31.2 Å². The van der Waals surface area contributed by atoms with E-state index in [4.69, 9.17) is 9.84 Å². The number of amides is 1. The van der Waals surface area contributed by atoms with E-state index >= 15 is 0 Å². The van der Waals surface area contributed by atoms with Crippen molar-refractivity contribution in [2.75, 3.05) is 26.9 Å². The van der Waals surface area contributed by atoms with Crippen LogP contribution in [0.2, 0.25) is 0 Å². The normalized spacial score (nSPS) is 11.4. The molecule has 2 N–H and O–H groups in total. The number of aliphatic hydroxyl groups is 1. The Morgan fingerprint density at radius 3 is 2.86 bits per heavy atom. The van der Waals surface area contributed by atoms with E-state index in [1.165, 1.54) is 0 Å². The van der Waals surface area contributed by atoms with Gasteiger partial charge >= 0.3 is 0 Å². The molecule has 114 valence electrons. The molecule has 1 aromatic carbocycles. The molecule has 0 spiro atoms. The average molecular weight is 289 g/mol. The Morgan fingerprint density at radius 1 is 1.43 bits per heavy atom. The summed E-state index contributed by atoms with van der Waals surface area (Å²) in [6.07, 6.45) is 0.435. The smallest absolute Gasteiger partial charge is 0.251 e. The van der Waals surface area contributed by atoms with Crippen LogP contribution >= 0.6 is 0 Å². The molecule has 1 atom stereocenters. The molecule has 0 aromatic heterocycles. The van der Waals surface area contributed by atoms with Gasteiger partial charge in [0.05, 0.1) is 13.2 Å². The number of rotatable bonds is 6. The van der Waals surface area contributed by atoms with E-state index in [0.717, 1.165) is 11.1 Å². The standard InChI is InChI=1S/C17H23NO3/c1-13-8-15(6-4-5-7-19)10-16(9-13)17(20)18-11-14(2)12-21-3/h8-10,14,19H,5,7,11-12H2,1-3H3,(H,18,20). The topological polar surface area (TPSA) is 58.6 Å². The molecule has 0 fully saturated rings. The van der Waals surface area contributed by atoms with E-state index in [-0.39, 0.29) is 18.4 Å². The number of ether oxygens (including phenoxy) is 1. The minimum absolute atomic E-state index is 0.0452. The second-order valence-electron chi connectivity index (χ2n) is 5.13. The van der Waals surface area contributed by atoms with Crippen molar-refractivity contribution in [1.82, 2.24) is 5.32 Å². The highest BCUT2D eigenvalue weighted by atomic mass is 16.5. The van der Waals surface area contributed by atoms with Gasteiger partial charge in [-0.15, -0.1) is 0 Å². The molecule has 1 rings (SSSR count). The molecule has 4 heteroatoms. The Hall–Kier alpha value is -1.83. The van der Waals surface area contributed by atoms with Gasteiger partial charge in [-0.3, -0.25) is 4.79 Å². The van der Waals surface area contributed by atoms with E-state index in [0.29, 0.717) is 25.1 Å². The second-order valence-corrected chi connectivity index (χ2v) is 5.13. The Bertz CT molecular complexity index is 529. The first kappa shape index (κ1) is 17.2. The van der Waals surface area contributed by atoms with E-state index in [1.807, 2.05) is 26.0 Å². The number of hydrogen-bond acceptors (Lipinski definition) is 3. The molecule has 0 aliphatic rings. The van der Waals surface area contributed by atoms with Crippen LogP contribution < -0.4 is 5.32 Å². The van der Waals surface area contributed by atoms with Crippen LogP contribution in [-0.2, 0) is 4.74 Å². The monoisotopic (exact) mass is 289 g/mol. The third-order valence-electron chi connectivity index (χ3n) is 2.87. The summed E-state index contributed by atoms with van der Waals surface area (Å²) in [6.45, 7) is 5.19. The molecule has 0 bridgehead atoms. The van der Waals surface area contributed by atoms with Crippen LogP contribution in [0.4, 0.5) is 0 Å². The van der Waals surface area contributed by atoms with Crippen LogP contribution in [0.15, 0.2) is 18.2 Å². The lowest BCUT2D eigenvalue weighted by atomic mass is 10.1. The van der Waals surface area contributed by atoms with Crippen molar-refractivity contribution < 1.29 is 14.6 Å². The van der Waals surface area contributed by atoms with Gasteiger partial charge in [0.25, 0.3) is 5.91 Å².